The van der Waals surface area contributed by atoms with Gasteiger partial charge in [0.2, 0.25) is 5.88 Å². The molecule has 1 aromatic carbocycles. The molecule has 0 unspecified atom stereocenters. The van der Waals surface area contributed by atoms with Crippen molar-refractivity contribution in [1.29, 1.82) is 5.26 Å². The Balaban J connectivity index is 2.15. The molecule has 0 atom stereocenters. The third-order valence-electron chi connectivity index (χ3n) is 3.99. The summed E-state index contributed by atoms with van der Waals surface area (Å²) in [6.07, 6.45) is 0. The predicted octanol–water partition coefficient (Wildman–Crippen LogP) is 3.70. The normalized spacial score (nSPS) is 10.4. The van der Waals surface area contributed by atoms with Gasteiger partial charge in [-0.2, -0.15) is 5.26 Å². The van der Waals surface area contributed by atoms with Crippen molar-refractivity contribution in [2.45, 2.75) is 33.6 Å². The number of carbonyl (C=O) groups is 2. The second kappa shape index (κ2) is 8.41. The second-order valence-corrected chi connectivity index (χ2v) is 6.37. The number of ether oxygens (including phenoxy) is 2. The van der Waals surface area contributed by atoms with Crippen molar-refractivity contribution in [3.05, 3.63) is 46.2 Å². The van der Waals surface area contributed by atoms with E-state index >= 15 is 0 Å². The second-order valence-electron chi connectivity index (χ2n) is 6.37. The molecule has 2 rings (SSSR count). The van der Waals surface area contributed by atoms with E-state index in [9.17, 15) is 14.9 Å². The summed E-state index contributed by atoms with van der Waals surface area (Å²) < 4.78 is 15.7. The van der Waals surface area contributed by atoms with E-state index < -0.39 is 11.9 Å². The van der Waals surface area contributed by atoms with Gasteiger partial charge in [0.05, 0.1) is 7.11 Å². The first-order valence-electron chi connectivity index (χ1n) is 8.43. The SMILES string of the molecule is COC(=O)c1c(C)oc(NC(=O)COc2cc(C)ccc2C(C)C)c1C#N. The molecule has 0 radical (unpaired) electrons. The average Bonchev–Trinajstić information content (AvgIpc) is 2.93. The summed E-state index contributed by atoms with van der Waals surface area (Å²) in [7, 11) is 1.20. The molecule has 0 bridgehead atoms. The van der Waals surface area contributed by atoms with Crippen LogP contribution in [0.4, 0.5) is 5.88 Å². The number of benzene rings is 1. The van der Waals surface area contributed by atoms with Gasteiger partial charge in [-0.25, -0.2) is 4.79 Å². The zero-order valence-electron chi connectivity index (χ0n) is 16.0. The van der Waals surface area contributed by atoms with Gasteiger partial charge in [0.15, 0.2) is 6.61 Å². The molecule has 0 saturated carbocycles. The number of esters is 1. The first kappa shape index (κ1) is 20.0. The number of hydrogen-bond donors (Lipinski definition) is 1. The van der Waals surface area contributed by atoms with Crippen LogP contribution < -0.4 is 10.1 Å². The number of anilines is 1. The van der Waals surface area contributed by atoms with Crippen molar-refractivity contribution in [1.82, 2.24) is 0 Å². The van der Waals surface area contributed by atoms with E-state index in [0.29, 0.717) is 5.75 Å². The lowest BCUT2D eigenvalue weighted by molar-refractivity contribution is -0.118. The van der Waals surface area contributed by atoms with E-state index in [1.165, 1.54) is 14.0 Å². The molecule has 1 N–H and O–H groups in total. The van der Waals surface area contributed by atoms with E-state index in [1.54, 1.807) is 0 Å². The Labute approximate surface area is 157 Å². The summed E-state index contributed by atoms with van der Waals surface area (Å²) in [5, 5.41) is 11.8. The van der Waals surface area contributed by atoms with Gasteiger partial charge in [-0.15, -0.1) is 0 Å². The topological polar surface area (TPSA) is 102 Å². The van der Waals surface area contributed by atoms with Gasteiger partial charge in [0.1, 0.15) is 28.7 Å². The van der Waals surface area contributed by atoms with E-state index in [1.807, 2.05) is 45.0 Å². The van der Waals surface area contributed by atoms with E-state index in [2.05, 4.69) is 10.1 Å². The van der Waals surface area contributed by atoms with Gasteiger partial charge in [0, 0.05) is 0 Å². The fourth-order valence-electron chi connectivity index (χ4n) is 2.64. The van der Waals surface area contributed by atoms with Crippen LogP contribution in [-0.2, 0) is 9.53 Å². The zero-order valence-corrected chi connectivity index (χ0v) is 16.0. The highest BCUT2D eigenvalue weighted by atomic mass is 16.5. The van der Waals surface area contributed by atoms with Crippen LogP contribution in [0.3, 0.4) is 0 Å². The summed E-state index contributed by atoms with van der Waals surface area (Å²) >= 11 is 0. The molecule has 0 aliphatic carbocycles. The number of nitrogens with one attached hydrogen (secondary N) is 1. The molecule has 142 valence electrons. The number of nitriles is 1. The lowest BCUT2D eigenvalue weighted by atomic mass is 10.0. The Bertz CT molecular complexity index is 906. The van der Waals surface area contributed by atoms with Crippen LogP contribution in [0.1, 0.15) is 52.6 Å². The number of aryl methyl sites for hydroxylation is 2. The van der Waals surface area contributed by atoms with Crippen molar-refractivity contribution < 1.29 is 23.5 Å². The number of hydrogen-bond acceptors (Lipinski definition) is 6. The zero-order chi connectivity index (χ0) is 20.1. The third kappa shape index (κ3) is 4.47. The van der Waals surface area contributed by atoms with E-state index in [4.69, 9.17) is 9.15 Å². The lowest BCUT2D eigenvalue weighted by Crippen LogP contribution is -2.21. The summed E-state index contributed by atoms with van der Waals surface area (Å²) in [6, 6.07) is 7.69. The first-order valence-corrected chi connectivity index (χ1v) is 8.43. The highest BCUT2D eigenvalue weighted by Gasteiger charge is 2.25. The van der Waals surface area contributed by atoms with Crippen molar-refractivity contribution in [3.63, 3.8) is 0 Å². The van der Waals surface area contributed by atoms with Gasteiger partial charge in [-0.1, -0.05) is 26.0 Å². The van der Waals surface area contributed by atoms with Gasteiger partial charge < -0.3 is 13.9 Å². The molecule has 0 aliphatic rings. The number of carbonyl (C=O) groups excluding carboxylic acids is 2. The van der Waals surface area contributed by atoms with Crippen molar-refractivity contribution >= 4 is 17.8 Å². The Morgan fingerprint density at radius 3 is 2.59 bits per heavy atom. The molecule has 7 heteroatoms. The van der Waals surface area contributed by atoms with Gasteiger partial charge in [-0.3, -0.25) is 10.1 Å². The summed E-state index contributed by atoms with van der Waals surface area (Å²) in [6.45, 7) is 7.27. The van der Waals surface area contributed by atoms with Crippen LogP contribution >= 0.6 is 0 Å². The first-order chi connectivity index (χ1) is 12.8. The fraction of sp³-hybridized carbons (Fsp3) is 0.350. The molecule has 0 spiro atoms. The maximum absolute atomic E-state index is 12.3. The number of rotatable bonds is 6. The molecular weight excluding hydrogens is 348 g/mol. The van der Waals surface area contributed by atoms with Crippen LogP contribution in [0.15, 0.2) is 22.6 Å². The highest BCUT2D eigenvalue weighted by Crippen LogP contribution is 2.29. The van der Waals surface area contributed by atoms with Crippen molar-refractivity contribution in [3.8, 4) is 11.8 Å². The van der Waals surface area contributed by atoms with Crippen LogP contribution in [-0.4, -0.2) is 25.6 Å². The molecule has 0 fully saturated rings. The Hall–Kier alpha value is -3.27. The molecule has 1 amide bonds. The molecule has 2 aromatic rings. The van der Waals surface area contributed by atoms with Crippen LogP contribution in [0.25, 0.3) is 0 Å². The maximum atomic E-state index is 12.3. The van der Waals surface area contributed by atoms with Crippen molar-refractivity contribution in [2.24, 2.45) is 0 Å². The van der Waals surface area contributed by atoms with E-state index in [0.717, 1.165) is 11.1 Å². The average molecular weight is 370 g/mol. The standard InChI is InChI=1S/C20H22N2O5/c1-11(2)14-7-6-12(3)8-16(14)26-10-17(23)22-19-15(9-21)18(13(4)27-19)20(24)25-5/h6-8,11H,10H2,1-5H3,(H,22,23). The molecule has 0 aliphatic heterocycles. The summed E-state index contributed by atoms with van der Waals surface area (Å²) in [4.78, 5) is 24.0. The van der Waals surface area contributed by atoms with Crippen LogP contribution in [0, 0.1) is 25.2 Å². The number of amides is 1. The number of methoxy groups -OCH3 is 1. The fourth-order valence-corrected chi connectivity index (χ4v) is 2.64. The monoisotopic (exact) mass is 370 g/mol. The minimum atomic E-state index is -0.703. The van der Waals surface area contributed by atoms with E-state index in [-0.39, 0.29) is 35.3 Å². The lowest BCUT2D eigenvalue weighted by Gasteiger charge is -2.14. The molecule has 1 heterocycles. The van der Waals surface area contributed by atoms with Crippen LogP contribution in [0.2, 0.25) is 0 Å². The Morgan fingerprint density at radius 2 is 2.00 bits per heavy atom. The molecule has 27 heavy (non-hydrogen) atoms. The minimum absolute atomic E-state index is 0.00278. The predicted molar refractivity (Wildman–Crippen MR) is 98.9 cm³/mol. The Morgan fingerprint density at radius 1 is 1.30 bits per heavy atom. The molecule has 0 saturated heterocycles. The van der Waals surface area contributed by atoms with Gasteiger partial charge in [0.25, 0.3) is 5.91 Å². The van der Waals surface area contributed by atoms with Gasteiger partial charge >= 0.3 is 5.97 Å². The number of nitrogens with zero attached hydrogens (tertiary/aromatic N) is 1. The van der Waals surface area contributed by atoms with Crippen molar-refractivity contribution in [2.75, 3.05) is 19.0 Å². The summed E-state index contributed by atoms with van der Waals surface area (Å²) in [5.41, 5.74) is 1.93. The highest BCUT2D eigenvalue weighted by molar-refractivity contribution is 5.98. The van der Waals surface area contributed by atoms with Gasteiger partial charge in [-0.05, 0) is 37.0 Å². The third-order valence-corrected chi connectivity index (χ3v) is 3.99. The molecular formula is C20H22N2O5. The quantitative estimate of drug-likeness (QED) is 0.778. The number of furan rings is 1. The largest absolute Gasteiger partial charge is 0.483 e. The smallest absolute Gasteiger partial charge is 0.342 e. The van der Waals surface area contributed by atoms with Crippen LogP contribution in [0.5, 0.6) is 5.75 Å². The molecule has 7 nitrogen and oxygen atoms in total. The minimum Gasteiger partial charge on any atom is -0.483 e. The summed E-state index contributed by atoms with van der Waals surface area (Å²) in [5.74, 6) is -0.248. The maximum Gasteiger partial charge on any atom is 0.342 e. The Kier molecular flexibility index (Phi) is 6.24. The molecule has 1 aromatic heterocycles.